The lowest BCUT2D eigenvalue weighted by Gasteiger charge is -2.25. The maximum Gasteiger partial charge on any atom is 0.472 e. The molecule has 0 radical (unpaired) electrons. The van der Waals surface area contributed by atoms with E-state index in [9.17, 15) is 19.4 Å². The van der Waals surface area contributed by atoms with Crippen molar-refractivity contribution in [2.45, 2.75) is 167 Å². The zero-order chi connectivity index (χ0) is 37.2. The summed E-state index contributed by atoms with van der Waals surface area (Å²) in [6.45, 7) is 4.63. The van der Waals surface area contributed by atoms with E-state index in [1.54, 1.807) is 6.08 Å². The van der Waals surface area contributed by atoms with Crippen LogP contribution in [0.4, 0.5) is 0 Å². The molecule has 1 amide bonds. The highest BCUT2D eigenvalue weighted by atomic mass is 31.2. The molecule has 0 aliphatic carbocycles. The van der Waals surface area contributed by atoms with Gasteiger partial charge in [-0.2, -0.15) is 0 Å². The Labute approximate surface area is 308 Å². The third-order valence-electron chi connectivity index (χ3n) is 8.51. The number of phosphoric acid groups is 1. The Morgan fingerprint density at radius 1 is 0.680 bits per heavy atom. The predicted octanol–water partition coefficient (Wildman–Crippen LogP) is 10.5. The van der Waals surface area contributed by atoms with Crippen LogP contribution in [0.3, 0.4) is 0 Å². The first-order chi connectivity index (χ1) is 24.0. The highest BCUT2D eigenvalue weighted by molar-refractivity contribution is 7.47. The molecule has 0 fully saturated rings. The van der Waals surface area contributed by atoms with Gasteiger partial charge in [0.2, 0.25) is 5.91 Å². The second kappa shape index (κ2) is 33.3. The number of hydrogen-bond acceptors (Lipinski definition) is 5. The van der Waals surface area contributed by atoms with Gasteiger partial charge in [0.05, 0.1) is 39.9 Å². The molecule has 0 aliphatic heterocycles. The summed E-state index contributed by atoms with van der Waals surface area (Å²) in [6.07, 6.45) is 40.5. The quantitative estimate of drug-likeness (QED) is 0.0260. The van der Waals surface area contributed by atoms with Gasteiger partial charge in [0.15, 0.2) is 0 Å². The Bertz CT molecular complexity index is 959. The fourth-order valence-electron chi connectivity index (χ4n) is 5.31. The number of phosphoric ester groups is 1. The molecule has 3 N–H and O–H groups in total. The minimum Gasteiger partial charge on any atom is -0.387 e. The number of carbonyl (C=O) groups is 1. The van der Waals surface area contributed by atoms with Crippen molar-refractivity contribution >= 4 is 13.7 Å². The highest BCUT2D eigenvalue weighted by Crippen LogP contribution is 2.43. The first-order valence-electron chi connectivity index (χ1n) is 20.0. The average molecular weight is 726 g/mol. The van der Waals surface area contributed by atoms with Gasteiger partial charge in [-0.25, -0.2) is 4.57 Å². The SMILES string of the molecule is CC/C=C/CC/C=C/CC/C=C/C(O)C(COP(=O)(O)OCC[N+](C)(C)C)NC(=O)CCCCCCCCC/C=C\CCCCCCCCC. The number of allylic oxidation sites excluding steroid dienone is 7. The van der Waals surface area contributed by atoms with Gasteiger partial charge in [0, 0.05) is 6.42 Å². The van der Waals surface area contributed by atoms with Crippen LogP contribution in [-0.2, 0) is 18.4 Å². The molecule has 292 valence electrons. The normalized spacial score (nSPS) is 15.1. The molecule has 0 saturated carbocycles. The summed E-state index contributed by atoms with van der Waals surface area (Å²) in [6, 6.07) is -0.869. The van der Waals surface area contributed by atoms with Gasteiger partial charge in [0.1, 0.15) is 13.2 Å². The number of nitrogens with one attached hydrogen (secondary N) is 1. The third-order valence-corrected chi connectivity index (χ3v) is 9.49. The van der Waals surface area contributed by atoms with Gasteiger partial charge >= 0.3 is 7.82 Å². The van der Waals surface area contributed by atoms with Gasteiger partial charge in [-0.15, -0.1) is 0 Å². The first kappa shape index (κ1) is 48.5. The lowest BCUT2D eigenvalue weighted by Crippen LogP contribution is -2.45. The number of rotatable bonds is 35. The third kappa shape index (κ3) is 34.9. The summed E-state index contributed by atoms with van der Waals surface area (Å²) in [5, 5.41) is 13.7. The van der Waals surface area contributed by atoms with E-state index < -0.39 is 20.0 Å². The minimum atomic E-state index is -4.34. The Kier molecular flexibility index (Phi) is 32.3. The molecular formula is C41H78N2O6P+. The number of hydrogen-bond donors (Lipinski definition) is 3. The number of unbranched alkanes of at least 4 members (excludes halogenated alkanes) is 16. The van der Waals surface area contributed by atoms with Crippen molar-refractivity contribution in [3.05, 3.63) is 48.6 Å². The number of nitrogens with zero attached hydrogens (tertiary/aromatic N) is 1. The molecule has 0 aliphatic rings. The van der Waals surface area contributed by atoms with Crippen molar-refractivity contribution < 1.29 is 32.9 Å². The summed E-state index contributed by atoms with van der Waals surface area (Å²) in [4.78, 5) is 23.0. The van der Waals surface area contributed by atoms with Gasteiger partial charge in [-0.05, 0) is 64.2 Å². The van der Waals surface area contributed by atoms with Crippen LogP contribution in [0.2, 0.25) is 0 Å². The van der Waals surface area contributed by atoms with E-state index in [0.29, 0.717) is 17.4 Å². The number of carbonyl (C=O) groups excluding carboxylic acids is 1. The maximum atomic E-state index is 12.8. The lowest BCUT2D eigenvalue weighted by molar-refractivity contribution is -0.870. The standard InChI is InChI=1S/C41H77N2O6P/c1-6-8-10-12-14-16-18-19-20-21-22-23-24-25-27-29-31-33-35-41(45)42-39(38-49-50(46,47)48-37-36-43(3,4)5)40(44)34-32-30-28-26-17-15-13-11-9-7-2/h9,11,17,20-21,26,32,34,39-40,44H,6-8,10,12-16,18-19,22-25,27-31,33,35-38H2,1-5H3,(H-,42,45,46,47)/p+1/b11-9+,21-20-,26-17+,34-32+. The molecule has 0 spiro atoms. The second-order valence-electron chi connectivity index (χ2n) is 14.6. The van der Waals surface area contributed by atoms with E-state index in [2.05, 4.69) is 55.6 Å². The van der Waals surface area contributed by atoms with Crippen molar-refractivity contribution in [2.24, 2.45) is 0 Å². The van der Waals surface area contributed by atoms with E-state index in [1.165, 1.54) is 83.5 Å². The molecule has 50 heavy (non-hydrogen) atoms. The van der Waals surface area contributed by atoms with Gasteiger partial charge in [-0.1, -0.05) is 133 Å². The van der Waals surface area contributed by atoms with E-state index in [-0.39, 0.29) is 19.1 Å². The monoisotopic (exact) mass is 726 g/mol. The molecule has 0 rings (SSSR count). The number of amides is 1. The van der Waals surface area contributed by atoms with E-state index in [0.717, 1.165) is 51.4 Å². The summed E-state index contributed by atoms with van der Waals surface area (Å²) in [7, 11) is 1.53. The minimum absolute atomic E-state index is 0.0512. The van der Waals surface area contributed by atoms with Crippen LogP contribution in [0.1, 0.15) is 155 Å². The second-order valence-corrected chi connectivity index (χ2v) is 16.1. The summed E-state index contributed by atoms with van der Waals surface area (Å²) in [5.74, 6) is -0.201. The Hall–Kier alpha value is -1.54. The zero-order valence-electron chi connectivity index (χ0n) is 32.9. The summed E-state index contributed by atoms with van der Waals surface area (Å²) < 4.78 is 23.4. The highest BCUT2D eigenvalue weighted by Gasteiger charge is 2.27. The smallest absolute Gasteiger partial charge is 0.387 e. The largest absolute Gasteiger partial charge is 0.472 e. The Morgan fingerprint density at radius 2 is 1.16 bits per heavy atom. The van der Waals surface area contributed by atoms with E-state index >= 15 is 0 Å². The molecule has 0 aromatic rings. The van der Waals surface area contributed by atoms with Crippen LogP contribution in [0.25, 0.3) is 0 Å². The van der Waals surface area contributed by atoms with Gasteiger partial charge in [-0.3, -0.25) is 13.8 Å². The molecule has 0 bridgehead atoms. The molecule has 3 unspecified atom stereocenters. The maximum absolute atomic E-state index is 12.8. The number of aliphatic hydroxyl groups excluding tert-OH is 1. The van der Waals surface area contributed by atoms with Crippen LogP contribution in [-0.4, -0.2) is 73.4 Å². The van der Waals surface area contributed by atoms with Crippen molar-refractivity contribution in [2.75, 3.05) is 40.9 Å². The molecule has 0 aromatic carbocycles. The molecule has 0 aromatic heterocycles. The van der Waals surface area contributed by atoms with Crippen molar-refractivity contribution in [3.63, 3.8) is 0 Å². The Morgan fingerprint density at radius 3 is 1.70 bits per heavy atom. The van der Waals surface area contributed by atoms with Crippen LogP contribution in [0.15, 0.2) is 48.6 Å². The topological polar surface area (TPSA) is 105 Å². The fraction of sp³-hybridized carbons (Fsp3) is 0.780. The number of quaternary nitrogens is 1. The van der Waals surface area contributed by atoms with Crippen LogP contribution >= 0.6 is 7.82 Å². The number of likely N-dealkylation sites (N-methyl/N-ethyl adjacent to an activating group) is 1. The van der Waals surface area contributed by atoms with E-state index in [4.69, 9.17) is 9.05 Å². The lowest BCUT2D eigenvalue weighted by atomic mass is 10.1. The van der Waals surface area contributed by atoms with Crippen LogP contribution in [0.5, 0.6) is 0 Å². The summed E-state index contributed by atoms with van der Waals surface area (Å²) in [5.41, 5.74) is 0. The average Bonchev–Trinajstić information content (AvgIpc) is 3.06. The molecular weight excluding hydrogens is 647 g/mol. The molecule has 3 atom stereocenters. The van der Waals surface area contributed by atoms with Crippen LogP contribution in [0, 0.1) is 0 Å². The predicted molar refractivity (Wildman–Crippen MR) is 212 cm³/mol. The molecule has 0 heterocycles. The van der Waals surface area contributed by atoms with Crippen LogP contribution < -0.4 is 5.32 Å². The Balaban J connectivity index is 4.45. The van der Waals surface area contributed by atoms with Crippen molar-refractivity contribution in [3.8, 4) is 0 Å². The molecule has 9 heteroatoms. The first-order valence-corrected chi connectivity index (χ1v) is 21.5. The summed E-state index contributed by atoms with van der Waals surface area (Å²) >= 11 is 0. The van der Waals surface area contributed by atoms with E-state index in [1.807, 2.05) is 27.2 Å². The fourth-order valence-corrected chi connectivity index (χ4v) is 6.04. The molecule has 8 nitrogen and oxygen atoms in total. The van der Waals surface area contributed by atoms with Crippen molar-refractivity contribution in [1.82, 2.24) is 5.32 Å². The van der Waals surface area contributed by atoms with Gasteiger partial charge < -0.3 is 19.8 Å². The zero-order valence-corrected chi connectivity index (χ0v) is 33.8. The molecule has 0 saturated heterocycles. The van der Waals surface area contributed by atoms with Gasteiger partial charge in [0.25, 0.3) is 0 Å². The van der Waals surface area contributed by atoms with Crippen molar-refractivity contribution in [1.29, 1.82) is 0 Å². The number of aliphatic hydroxyl groups is 1.